The number of thiol groups is 1. The Morgan fingerprint density at radius 2 is 1.64 bits per heavy atom. The lowest BCUT2D eigenvalue weighted by Crippen LogP contribution is -2.26. The Morgan fingerprint density at radius 1 is 1.03 bits per heavy atom. The zero-order valence-electron chi connectivity index (χ0n) is 18.1. The Morgan fingerprint density at radius 3 is 2.27 bits per heavy atom. The fraction of sp³-hybridized carbons (Fsp3) is 0.0769. The van der Waals surface area contributed by atoms with E-state index in [0.29, 0.717) is 21.7 Å². The van der Waals surface area contributed by atoms with Crippen LogP contribution < -0.4 is 0 Å². The van der Waals surface area contributed by atoms with Crippen LogP contribution in [0.5, 0.6) is 0 Å². The predicted molar refractivity (Wildman–Crippen MR) is 141 cm³/mol. The van der Waals surface area contributed by atoms with Gasteiger partial charge in [0.2, 0.25) is 0 Å². The normalized spacial score (nSPS) is 20.1. The van der Waals surface area contributed by atoms with Crippen molar-refractivity contribution in [3.8, 4) is 0 Å². The molecule has 166 valence electrons. The Bertz CT molecular complexity index is 1310. The molecular weight excluding hydrogens is 472 g/mol. The summed E-state index contributed by atoms with van der Waals surface area (Å²) >= 11 is 3.53. The maximum atomic E-state index is 13.3. The molecule has 0 aromatic heterocycles. The van der Waals surface area contributed by atoms with Gasteiger partial charge in [-0.1, -0.05) is 37.4 Å². The van der Waals surface area contributed by atoms with Gasteiger partial charge in [0.25, 0.3) is 11.8 Å². The van der Waals surface area contributed by atoms with Gasteiger partial charge in [0, 0.05) is 28.4 Å². The monoisotopic (exact) mass is 492 g/mol. The molecule has 4 nitrogen and oxygen atoms in total. The van der Waals surface area contributed by atoms with Gasteiger partial charge in [-0.05, 0) is 75.8 Å². The molecule has 4 aliphatic heterocycles. The quantitative estimate of drug-likeness (QED) is 0.407. The van der Waals surface area contributed by atoms with Gasteiger partial charge in [0.15, 0.2) is 0 Å². The Balaban J connectivity index is 0.00000126. The number of hydrogen-bond donors (Lipinski definition) is 1. The van der Waals surface area contributed by atoms with E-state index in [1.807, 2.05) is 37.3 Å². The first-order valence-corrected chi connectivity index (χ1v) is 12.6. The van der Waals surface area contributed by atoms with Crippen molar-refractivity contribution in [2.45, 2.75) is 6.92 Å². The molecule has 0 atom stereocenters. The lowest BCUT2D eigenvalue weighted by Gasteiger charge is -2.24. The highest BCUT2D eigenvalue weighted by molar-refractivity contribution is 8.24. The average molecular weight is 493 g/mol. The van der Waals surface area contributed by atoms with Crippen molar-refractivity contribution in [3.05, 3.63) is 118 Å². The number of hydrogen-bond acceptors (Lipinski definition) is 4. The molecule has 2 amide bonds. The van der Waals surface area contributed by atoms with E-state index in [1.165, 1.54) is 4.90 Å². The van der Waals surface area contributed by atoms with E-state index in [1.54, 1.807) is 41.8 Å². The van der Waals surface area contributed by atoms with E-state index in [4.69, 9.17) is 10.7 Å². The molecule has 4 heterocycles. The van der Waals surface area contributed by atoms with Crippen LogP contribution in [0.2, 0.25) is 0 Å². The van der Waals surface area contributed by atoms with Crippen molar-refractivity contribution in [2.24, 2.45) is 0 Å². The third kappa shape index (κ3) is 3.59. The Kier molecular flexibility index (Phi) is 6.43. The molecule has 7 heteroatoms. The minimum atomic E-state index is -0.256. The van der Waals surface area contributed by atoms with Crippen LogP contribution in [0, 0.1) is 6.92 Å². The van der Waals surface area contributed by atoms with E-state index < -0.39 is 0 Å². The van der Waals surface area contributed by atoms with Crippen LogP contribution in [-0.4, -0.2) is 27.9 Å². The molecule has 0 fully saturated rings. The van der Waals surface area contributed by atoms with Crippen molar-refractivity contribution < 1.29 is 9.59 Å². The summed E-state index contributed by atoms with van der Waals surface area (Å²) in [6.07, 6.45) is 14.1. The highest BCUT2D eigenvalue weighted by Gasteiger charge is 2.39. The molecule has 0 N–H and O–H groups in total. The SMILES string of the molecule is C=CC1=C(C(=C)SCl)C2=C/C(=C3/C=C4c5c(C)cccc5C=CN4C3=O)C(=O)N2C=C1.CS. The first kappa shape index (κ1) is 23.2. The van der Waals surface area contributed by atoms with Crippen molar-refractivity contribution in [1.82, 2.24) is 9.80 Å². The molecule has 0 bridgehead atoms. The standard InChI is InChI=1S/C25H17ClN2O2S.CH4S/c1-4-16-8-10-28-21(23(16)15(3)31-26)13-19(25(28)30)18-12-20-22-14(2)6-5-7-17(22)9-11-27(20)24(18)29;1-2/h4-13H,1,3H2,2H3;2H,1H3/b19-18+;. The van der Waals surface area contributed by atoms with Crippen LogP contribution in [0.25, 0.3) is 11.8 Å². The second-order valence-electron chi connectivity index (χ2n) is 7.44. The van der Waals surface area contributed by atoms with E-state index in [9.17, 15) is 9.59 Å². The van der Waals surface area contributed by atoms with E-state index in [-0.39, 0.29) is 11.8 Å². The van der Waals surface area contributed by atoms with Gasteiger partial charge in [-0.25, -0.2) is 0 Å². The summed E-state index contributed by atoms with van der Waals surface area (Å²) in [4.78, 5) is 30.3. The minimum Gasteiger partial charge on any atom is -0.283 e. The summed E-state index contributed by atoms with van der Waals surface area (Å²) in [6, 6.07) is 6.03. The summed E-state index contributed by atoms with van der Waals surface area (Å²) in [5, 5.41) is 0. The van der Waals surface area contributed by atoms with Crippen LogP contribution in [-0.2, 0) is 9.59 Å². The number of fused-ring (bicyclic) bond motifs is 4. The molecule has 5 rings (SSSR count). The molecule has 1 aromatic carbocycles. The van der Waals surface area contributed by atoms with Crippen molar-refractivity contribution >= 4 is 57.9 Å². The smallest absolute Gasteiger partial charge is 0.263 e. The first-order chi connectivity index (χ1) is 16.0. The minimum absolute atomic E-state index is 0.218. The second kappa shape index (κ2) is 9.14. The molecule has 1 aromatic rings. The number of aryl methyl sites for hydroxylation is 1. The lowest BCUT2D eigenvalue weighted by molar-refractivity contribution is -0.124. The van der Waals surface area contributed by atoms with Gasteiger partial charge < -0.3 is 0 Å². The average Bonchev–Trinajstić information content (AvgIpc) is 3.35. The summed E-state index contributed by atoms with van der Waals surface area (Å²) < 4.78 is 0. The number of amides is 2. The third-order valence-corrected chi connectivity index (χ3v) is 6.72. The second-order valence-corrected chi connectivity index (χ2v) is 8.55. The van der Waals surface area contributed by atoms with Crippen molar-refractivity contribution in [3.63, 3.8) is 0 Å². The molecule has 0 unspecified atom stereocenters. The van der Waals surface area contributed by atoms with Crippen LogP contribution >= 0.6 is 34.3 Å². The number of carbonyl (C=O) groups excluding carboxylic acids is 2. The Hall–Kier alpha value is -2.93. The number of allylic oxidation sites excluding steroid dienone is 4. The molecule has 0 aliphatic carbocycles. The maximum Gasteiger partial charge on any atom is 0.263 e. The highest BCUT2D eigenvalue weighted by Crippen LogP contribution is 2.44. The van der Waals surface area contributed by atoms with Gasteiger partial charge in [-0.15, -0.1) is 0 Å². The predicted octanol–water partition coefficient (Wildman–Crippen LogP) is 6.14. The fourth-order valence-corrected chi connectivity index (χ4v) is 4.85. The van der Waals surface area contributed by atoms with Crippen molar-refractivity contribution in [2.75, 3.05) is 6.26 Å². The summed E-state index contributed by atoms with van der Waals surface area (Å²) in [5.74, 6) is -0.475. The molecule has 4 aliphatic rings. The van der Waals surface area contributed by atoms with Gasteiger partial charge in [-0.2, -0.15) is 12.6 Å². The number of benzene rings is 1. The van der Waals surface area contributed by atoms with Crippen molar-refractivity contribution in [1.29, 1.82) is 0 Å². The third-order valence-electron chi connectivity index (χ3n) is 5.77. The number of carbonyl (C=O) groups is 2. The largest absolute Gasteiger partial charge is 0.283 e. The summed E-state index contributed by atoms with van der Waals surface area (Å²) in [5.41, 5.74) is 6.85. The zero-order chi connectivity index (χ0) is 23.9. The number of nitrogens with zero attached hydrogens (tertiary/aromatic N) is 2. The summed E-state index contributed by atoms with van der Waals surface area (Å²) in [7, 11) is 6.96. The molecule has 0 spiro atoms. The molecular formula is C26H21ClN2O2S2. The first-order valence-electron chi connectivity index (χ1n) is 10.1. The maximum absolute atomic E-state index is 13.3. The van der Waals surface area contributed by atoms with Gasteiger partial charge in [-0.3, -0.25) is 19.4 Å². The van der Waals surface area contributed by atoms with Gasteiger partial charge in [0.1, 0.15) is 0 Å². The Labute approximate surface area is 207 Å². The van der Waals surface area contributed by atoms with Crippen LogP contribution in [0.3, 0.4) is 0 Å². The molecule has 0 radical (unpaired) electrons. The van der Waals surface area contributed by atoms with Gasteiger partial charge >= 0.3 is 0 Å². The number of rotatable bonds is 3. The molecule has 33 heavy (non-hydrogen) atoms. The summed E-state index contributed by atoms with van der Waals surface area (Å²) in [6.45, 7) is 9.88. The van der Waals surface area contributed by atoms with Crippen LogP contribution in [0.1, 0.15) is 16.7 Å². The van der Waals surface area contributed by atoms with Gasteiger partial charge in [0.05, 0.1) is 22.5 Å². The molecule has 0 saturated heterocycles. The van der Waals surface area contributed by atoms with Crippen LogP contribution in [0.15, 0.2) is 101 Å². The van der Waals surface area contributed by atoms with E-state index in [2.05, 4.69) is 25.8 Å². The lowest BCUT2D eigenvalue weighted by atomic mass is 9.96. The zero-order valence-corrected chi connectivity index (χ0v) is 20.6. The van der Waals surface area contributed by atoms with Crippen LogP contribution in [0.4, 0.5) is 0 Å². The van der Waals surface area contributed by atoms with E-state index in [0.717, 1.165) is 44.5 Å². The number of halogens is 1. The molecule has 0 saturated carbocycles. The van der Waals surface area contributed by atoms with E-state index >= 15 is 0 Å². The highest BCUT2D eigenvalue weighted by atomic mass is 35.7. The fourth-order valence-electron chi connectivity index (χ4n) is 4.31. The topological polar surface area (TPSA) is 40.6 Å².